The number of aromatic nitrogens is 2. The Morgan fingerprint density at radius 2 is 1.90 bits per heavy atom. The van der Waals surface area contributed by atoms with Gasteiger partial charge in [-0.05, 0) is 54.5 Å². The molecule has 2 aromatic carbocycles. The topological polar surface area (TPSA) is 62.6 Å². The second kappa shape index (κ2) is 10.3. The van der Waals surface area contributed by atoms with Crippen molar-refractivity contribution in [2.24, 2.45) is 7.05 Å². The molecule has 0 aliphatic heterocycles. The van der Waals surface area contributed by atoms with Crippen molar-refractivity contribution in [1.29, 1.82) is 0 Å². The summed E-state index contributed by atoms with van der Waals surface area (Å²) in [6.45, 7) is 3.05. The normalized spacial score (nSPS) is 10.9. The minimum Gasteiger partial charge on any atom is -0.493 e. The summed E-state index contributed by atoms with van der Waals surface area (Å²) < 4.78 is 18.7. The van der Waals surface area contributed by atoms with Crippen LogP contribution < -0.4 is 14.2 Å². The molecule has 0 saturated carbocycles. The van der Waals surface area contributed by atoms with E-state index < -0.39 is 0 Å². The highest BCUT2D eigenvalue weighted by molar-refractivity contribution is 6.06. The van der Waals surface area contributed by atoms with E-state index in [0.717, 1.165) is 17.8 Å². The molecule has 0 N–H and O–H groups in total. The molecule has 1 aromatic heterocycles. The molecule has 3 aromatic rings. The van der Waals surface area contributed by atoms with E-state index in [9.17, 15) is 4.79 Å². The molecule has 156 valence electrons. The van der Waals surface area contributed by atoms with Crippen LogP contribution in [0.2, 0.25) is 0 Å². The van der Waals surface area contributed by atoms with Crippen molar-refractivity contribution >= 4 is 11.9 Å². The van der Waals surface area contributed by atoms with Crippen LogP contribution in [-0.2, 0) is 13.7 Å². The van der Waals surface area contributed by atoms with Gasteiger partial charge in [-0.1, -0.05) is 19.1 Å². The monoisotopic (exact) mass is 406 g/mol. The van der Waals surface area contributed by atoms with E-state index in [4.69, 9.17) is 14.2 Å². The minimum atomic E-state index is -0.0871. The summed E-state index contributed by atoms with van der Waals surface area (Å²) in [6, 6.07) is 12.7. The van der Waals surface area contributed by atoms with Gasteiger partial charge in [0.2, 0.25) is 0 Å². The molecule has 0 radical (unpaired) electrons. The Morgan fingerprint density at radius 1 is 1.10 bits per heavy atom. The number of carbonyl (C=O) groups excluding carboxylic acids is 1. The highest BCUT2D eigenvalue weighted by Crippen LogP contribution is 2.28. The van der Waals surface area contributed by atoms with Gasteiger partial charge in [0.25, 0.3) is 0 Å². The van der Waals surface area contributed by atoms with Gasteiger partial charge in [0.05, 0.1) is 13.7 Å². The number of benzene rings is 2. The molecule has 1 heterocycles. The lowest BCUT2D eigenvalue weighted by Gasteiger charge is -2.10. The van der Waals surface area contributed by atoms with Crippen LogP contribution >= 0.6 is 0 Å². The van der Waals surface area contributed by atoms with Crippen LogP contribution in [0.3, 0.4) is 0 Å². The Kier molecular flexibility index (Phi) is 7.27. The lowest BCUT2D eigenvalue weighted by molar-refractivity contribution is 0.104. The van der Waals surface area contributed by atoms with Crippen LogP contribution in [0.1, 0.15) is 35.1 Å². The molecule has 0 spiro atoms. The minimum absolute atomic E-state index is 0.0871. The molecule has 0 unspecified atom stereocenters. The van der Waals surface area contributed by atoms with Crippen LogP contribution in [0.4, 0.5) is 0 Å². The highest BCUT2D eigenvalue weighted by Gasteiger charge is 2.06. The molecule has 6 nitrogen and oxygen atoms in total. The predicted molar refractivity (Wildman–Crippen MR) is 116 cm³/mol. The van der Waals surface area contributed by atoms with Crippen LogP contribution in [0.25, 0.3) is 6.08 Å². The first kappa shape index (κ1) is 21.2. The summed E-state index contributed by atoms with van der Waals surface area (Å²) in [6.07, 6.45) is 7.83. The smallest absolute Gasteiger partial charge is 0.185 e. The fraction of sp³-hybridized carbons (Fsp3) is 0.250. The van der Waals surface area contributed by atoms with E-state index >= 15 is 0 Å². The van der Waals surface area contributed by atoms with Crippen molar-refractivity contribution in [3.63, 3.8) is 0 Å². The average molecular weight is 406 g/mol. The van der Waals surface area contributed by atoms with Crippen LogP contribution in [0.15, 0.2) is 60.9 Å². The molecule has 0 bridgehead atoms. The van der Waals surface area contributed by atoms with Crippen molar-refractivity contribution in [3.8, 4) is 17.2 Å². The van der Waals surface area contributed by atoms with E-state index in [0.29, 0.717) is 36.0 Å². The number of hydrogen-bond donors (Lipinski definition) is 0. The van der Waals surface area contributed by atoms with E-state index in [1.807, 2.05) is 42.9 Å². The maximum atomic E-state index is 12.5. The van der Waals surface area contributed by atoms with E-state index in [1.165, 1.54) is 0 Å². The highest BCUT2D eigenvalue weighted by atomic mass is 16.5. The van der Waals surface area contributed by atoms with Gasteiger partial charge in [-0.2, -0.15) is 0 Å². The van der Waals surface area contributed by atoms with Gasteiger partial charge < -0.3 is 18.8 Å². The van der Waals surface area contributed by atoms with Crippen molar-refractivity contribution in [3.05, 3.63) is 77.9 Å². The molecule has 3 rings (SSSR count). The molecule has 0 saturated heterocycles. The van der Waals surface area contributed by atoms with Gasteiger partial charge >= 0.3 is 0 Å². The van der Waals surface area contributed by atoms with Gasteiger partial charge in [0.1, 0.15) is 18.2 Å². The maximum absolute atomic E-state index is 12.5. The predicted octanol–water partition coefficient (Wildman–Crippen LogP) is 4.69. The molecule has 0 amide bonds. The third-order valence-electron chi connectivity index (χ3n) is 4.50. The van der Waals surface area contributed by atoms with Crippen LogP contribution in [0, 0.1) is 0 Å². The standard InChI is InChI=1S/C24H26N2O4/c1-4-15-29-22-12-6-18(16-23(22)28-3)5-11-21(27)19-7-9-20(10-8-19)30-17-24-25-13-14-26(24)2/h5-14,16H,4,15,17H2,1-3H3/b11-5+. The summed E-state index contributed by atoms with van der Waals surface area (Å²) in [5.74, 6) is 2.78. The fourth-order valence-electron chi connectivity index (χ4n) is 2.79. The van der Waals surface area contributed by atoms with Crippen LogP contribution in [-0.4, -0.2) is 29.1 Å². The van der Waals surface area contributed by atoms with Gasteiger partial charge in [0, 0.05) is 25.0 Å². The lowest BCUT2D eigenvalue weighted by atomic mass is 10.1. The zero-order valence-corrected chi connectivity index (χ0v) is 17.5. The first-order chi connectivity index (χ1) is 14.6. The molecular weight excluding hydrogens is 380 g/mol. The molecule has 0 fully saturated rings. The molecule has 30 heavy (non-hydrogen) atoms. The maximum Gasteiger partial charge on any atom is 0.185 e. The van der Waals surface area contributed by atoms with Crippen molar-refractivity contribution in [2.75, 3.05) is 13.7 Å². The van der Waals surface area contributed by atoms with Gasteiger partial charge in [-0.15, -0.1) is 0 Å². The molecular formula is C24H26N2O4. The second-order valence-corrected chi connectivity index (χ2v) is 6.72. The molecule has 0 aliphatic rings. The quantitative estimate of drug-likeness (QED) is 0.361. The number of ketones is 1. The number of aryl methyl sites for hydroxylation is 1. The SMILES string of the molecule is CCCOc1ccc(/C=C/C(=O)c2ccc(OCc3nccn3C)cc2)cc1OC. The van der Waals surface area contributed by atoms with E-state index in [1.54, 1.807) is 49.7 Å². The lowest BCUT2D eigenvalue weighted by Crippen LogP contribution is -2.03. The largest absolute Gasteiger partial charge is 0.493 e. The van der Waals surface area contributed by atoms with Gasteiger partial charge in [-0.3, -0.25) is 4.79 Å². The van der Waals surface area contributed by atoms with Crippen LogP contribution in [0.5, 0.6) is 17.2 Å². The number of carbonyl (C=O) groups is 1. The Hall–Kier alpha value is -3.54. The Morgan fingerprint density at radius 3 is 2.57 bits per heavy atom. The Bertz CT molecular complexity index is 1010. The molecule has 6 heteroatoms. The summed E-state index contributed by atoms with van der Waals surface area (Å²) in [4.78, 5) is 16.7. The number of allylic oxidation sites excluding steroid dienone is 1. The average Bonchev–Trinajstić information content (AvgIpc) is 3.19. The first-order valence-electron chi connectivity index (χ1n) is 9.83. The van der Waals surface area contributed by atoms with Crippen molar-refractivity contribution in [1.82, 2.24) is 9.55 Å². The second-order valence-electron chi connectivity index (χ2n) is 6.72. The summed E-state index contributed by atoms with van der Waals surface area (Å²) in [5.41, 5.74) is 1.45. The molecule has 0 aliphatic carbocycles. The van der Waals surface area contributed by atoms with Gasteiger partial charge in [0.15, 0.2) is 17.3 Å². The zero-order chi connectivity index (χ0) is 21.3. The number of nitrogens with zero attached hydrogens (tertiary/aromatic N) is 2. The van der Waals surface area contributed by atoms with E-state index in [2.05, 4.69) is 4.98 Å². The zero-order valence-electron chi connectivity index (χ0n) is 17.5. The fourth-order valence-corrected chi connectivity index (χ4v) is 2.79. The number of methoxy groups -OCH3 is 1. The number of rotatable bonds is 10. The number of hydrogen-bond acceptors (Lipinski definition) is 5. The summed E-state index contributed by atoms with van der Waals surface area (Å²) >= 11 is 0. The summed E-state index contributed by atoms with van der Waals surface area (Å²) in [5, 5.41) is 0. The van der Waals surface area contributed by atoms with Gasteiger partial charge in [-0.25, -0.2) is 4.98 Å². The third-order valence-corrected chi connectivity index (χ3v) is 4.50. The number of ether oxygens (including phenoxy) is 3. The van der Waals surface area contributed by atoms with Crippen molar-refractivity contribution < 1.29 is 19.0 Å². The Labute approximate surface area is 176 Å². The summed E-state index contributed by atoms with van der Waals surface area (Å²) in [7, 11) is 3.52. The van der Waals surface area contributed by atoms with Crippen molar-refractivity contribution in [2.45, 2.75) is 20.0 Å². The molecule has 0 atom stereocenters. The van der Waals surface area contributed by atoms with E-state index in [-0.39, 0.29) is 5.78 Å². The number of imidazole rings is 1. The third kappa shape index (κ3) is 5.50. The first-order valence-corrected chi connectivity index (χ1v) is 9.83. The Balaban J connectivity index is 1.61.